The van der Waals surface area contributed by atoms with Crippen LogP contribution in [0, 0.1) is 18.7 Å². The van der Waals surface area contributed by atoms with Gasteiger partial charge in [0.2, 0.25) is 0 Å². The standard InChI is InChI=1S/C16H22FNO/c1-3-13-6-8-18(11-13)9-7-16(19)14-5-4-12(2)15(17)10-14/h4-5,10,13H,3,6-9,11H2,1-2H3. The van der Waals surface area contributed by atoms with Crippen molar-refractivity contribution in [1.82, 2.24) is 4.90 Å². The lowest BCUT2D eigenvalue weighted by Gasteiger charge is -2.15. The number of ketones is 1. The molecule has 1 aliphatic heterocycles. The van der Waals surface area contributed by atoms with Crippen molar-refractivity contribution >= 4 is 5.78 Å². The second-order valence-corrected chi connectivity index (χ2v) is 5.50. The Morgan fingerprint density at radius 2 is 2.26 bits per heavy atom. The first-order chi connectivity index (χ1) is 9.10. The Hall–Kier alpha value is -1.22. The van der Waals surface area contributed by atoms with Gasteiger partial charge in [-0.25, -0.2) is 4.39 Å². The fraction of sp³-hybridized carbons (Fsp3) is 0.562. The van der Waals surface area contributed by atoms with Gasteiger partial charge in [-0.05, 0) is 37.4 Å². The Morgan fingerprint density at radius 1 is 1.47 bits per heavy atom. The Morgan fingerprint density at radius 3 is 2.89 bits per heavy atom. The van der Waals surface area contributed by atoms with Crippen LogP contribution in [0.1, 0.15) is 42.1 Å². The summed E-state index contributed by atoms with van der Waals surface area (Å²) in [5.41, 5.74) is 1.08. The lowest BCUT2D eigenvalue weighted by atomic mass is 10.1. The molecule has 2 nitrogen and oxygen atoms in total. The molecular formula is C16H22FNO. The summed E-state index contributed by atoms with van der Waals surface area (Å²) >= 11 is 0. The number of aryl methyl sites for hydroxylation is 1. The molecule has 1 aromatic carbocycles. The van der Waals surface area contributed by atoms with Crippen molar-refractivity contribution < 1.29 is 9.18 Å². The van der Waals surface area contributed by atoms with Crippen LogP contribution >= 0.6 is 0 Å². The summed E-state index contributed by atoms with van der Waals surface area (Å²) in [4.78, 5) is 14.4. The van der Waals surface area contributed by atoms with Crippen LogP contribution in [0.4, 0.5) is 4.39 Å². The summed E-state index contributed by atoms with van der Waals surface area (Å²) in [5, 5.41) is 0. The number of carbonyl (C=O) groups excluding carboxylic acids is 1. The molecular weight excluding hydrogens is 241 g/mol. The van der Waals surface area contributed by atoms with Crippen LogP contribution in [0.25, 0.3) is 0 Å². The van der Waals surface area contributed by atoms with Crippen molar-refractivity contribution in [3.05, 3.63) is 35.1 Å². The molecule has 0 saturated carbocycles. The molecule has 0 N–H and O–H groups in total. The van der Waals surface area contributed by atoms with Crippen LogP contribution in [0.15, 0.2) is 18.2 Å². The number of carbonyl (C=O) groups is 1. The van der Waals surface area contributed by atoms with E-state index in [0.29, 0.717) is 17.5 Å². The summed E-state index contributed by atoms with van der Waals surface area (Å²) in [6.45, 7) is 6.91. The van der Waals surface area contributed by atoms with Gasteiger partial charge in [-0.2, -0.15) is 0 Å². The van der Waals surface area contributed by atoms with Gasteiger partial charge in [0, 0.05) is 25.1 Å². The smallest absolute Gasteiger partial charge is 0.164 e. The van der Waals surface area contributed by atoms with Crippen LogP contribution in [0.2, 0.25) is 0 Å². The van der Waals surface area contributed by atoms with E-state index < -0.39 is 0 Å². The average molecular weight is 263 g/mol. The number of likely N-dealkylation sites (tertiary alicyclic amines) is 1. The van der Waals surface area contributed by atoms with Crippen LogP contribution in [0.3, 0.4) is 0 Å². The number of nitrogens with zero attached hydrogens (tertiary/aromatic N) is 1. The first-order valence-corrected chi connectivity index (χ1v) is 7.12. The van der Waals surface area contributed by atoms with Gasteiger partial charge in [0.05, 0.1) is 0 Å². The molecule has 0 spiro atoms. The quantitative estimate of drug-likeness (QED) is 0.758. The topological polar surface area (TPSA) is 20.3 Å². The molecule has 1 fully saturated rings. The molecule has 1 saturated heterocycles. The molecule has 1 atom stereocenters. The third-order valence-electron chi connectivity index (χ3n) is 4.10. The molecule has 104 valence electrons. The number of halogens is 1. The van der Waals surface area contributed by atoms with Gasteiger partial charge >= 0.3 is 0 Å². The van der Waals surface area contributed by atoms with E-state index in [0.717, 1.165) is 25.6 Å². The third kappa shape index (κ3) is 3.63. The minimum atomic E-state index is -0.293. The monoisotopic (exact) mass is 263 g/mol. The predicted molar refractivity (Wildman–Crippen MR) is 74.9 cm³/mol. The Kier molecular flexibility index (Phi) is 4.70. The van der Waals surface area contributed by atoms with Crippen LogP contribution < -0.4 is 0 Å². The molecule has 1 aromatic rings. The van der Waals surface area contributed by atoms with Crippen LogP contribution in [0.5, 0.6) is 0 Å². The molecule has 0 radical (unpaired) electrons. The Labute approximate surface area is 114 Å². The van der Waals surface area contributed by atoms with Crippen molar-refractivity contribution in [3.8, 4) is 0 Å². The second-order valence-electron chi connectivity index (χ2n) is 5.50. The van der Waals surface area contributed by atoms with E-state index >= 15 is 0 Å². The zero-order chi connectivity index (χ0) is 13.8. The average Bonchev–Trinajstić information content (AvgIpc) is 2.87. The Balaban J connectivity index is 1.86. The minimum absolute atomic E-state index is 0.0406. The molecule has 0 bridgehead atoms. The predicted octanol–water partition coefficient (Wildman–Crippen LogP) is 3.44. The highest BCUT2D eigenvalue weighted by atomic mass is 19.1. The molecule has 19 heavy (non-hydrogen) atoms. The molecule has 1 aliphatic rings. The molecule has 2 rings (SSSR count). The van der Waals surface area contributed by atoms with E-state index in [9.17, 15) is 9.18 Å². The molecule has 1 heterocycles. The first kappa shape index (κ1) is 14.2. The van der Waals surface area contributed by atoms with E-state index in [1.165, 1.54) is 18.9 Å². The summed E-state index contributed by atoms with van der Waals surface area (Å²) < 4.78 is 13.4. The minimum Gasteiger partial charge on any atom is -0.303 e. The van der Waals surface area contributed by atoms with Crippen LogP contribution in [-0.4, -0.2) is 30.3 Å². The van der Waals surface area contributed by atoms with Gasteiger partial charge in [0.1, 0.15) is 5.82 Å². The molecule has 0 amide bonds. The lowest BCUT2D eigenvalue weighted by molar-refractivity contribution is 0.0967. The van der Waals surface area contributed by atoms with E-state index in [1.807, 2.05) is 0 Å². The highest BCUT2D eigenvalue weighted by Crippen LogP contribution is 2.19. The fourth-order valence-corrected chi connectivity index (χ4v) is 2.62. The van der Waals surface area contributed by atoms with E-state index in [1.54, 1.807) is 19.1 Å². The number of rotatable bonds is 5. The third-order valence-corrected chi connectivity index (χ3v) is 4.10. The summed E-state index contributed by atoms with van der Waals surface area (Å²) in [6.07, 6.45) is 2.94. The first-order valence-electron chi connectivity index (χ1n) is 7.12. The van der Waals surface area contributed by atoms with Crippen molar-refractivity contribution in [1.29, 1.82) is 0 Å². The van der Waals surface area contributed by atoms with Gasteiger partial charge in [-0.1, -0.05) is 25.5 Å². The number of hydrogen-bond acceptors (Lipinski definition) is 2. The normalized spacial score (nSPS) is 19.8. The highest BCUT2D eigenvalue weighted by molar-refractivity contribution is 5.96. The summed E-state index contributed by atoms with van der Waals surface area (Å²) in [6, 6.07) is 4.75. The summed E-state index contributed by atoms with van der Waals surface area (Å²) in [7, 11) is 0. The number of Topliss-reactive ketones (excluding diaryl/α,β-unsaturated/α-hetero) is 1. The molecule has 0 aromatic heterocycles. The second kappa shape index (κ2) is 6.29. The van der Waals surface area contributed by atoms with Gasteiger partial charge in [-0.3, -0.25) is 4.79 Å². The highest BCUT2D eigenvalue weighted by Gasteiger charge is 2.21. The maximum Gasteiger partial charge on any atom is 0.164 e. The summed E-state index contributed by atoms with van der Waals surface area (Å²) in [5.74, 6) is 0.531. The zero-order valence-corrected chi connectivity index (χ0v) is 11.8. The maximum absolute atomic E-state index is 13.4. The number of hydrogen-bond donors (Lipinski definition) is 0. The molecule has 1 unspecified atom stereocenters. The van der Waals surface area contributed by atoms with Gasteiger partial charge in [-0.15, -0.1) is 0 Å². The zero-order valence-electron chi connectivity index (χ0n) is 11.8. The van der Waals surface area contributed by atoms with Gasteiger partial charge in [0.15, 0.2) is 5.78 Å². The SMILES string of the molecule is CCC1CCN(CCC(=O)c2ccc(C)c(F)c2)C1. The fourth-order valence-electron chi connectivity index (χ4n) is 2.62. The van der Waals surface area contributed by atoms with Crippen LogP contribution in [-0.2, 0) is 0 Å². The van der Waals surface area contributed by atoms with Crippen molar-refractivity contribution in [2.24, 2.45) is 5.92 Å². The largest absolute Gasteiger partial charge is 0.303 e. The van der Waals surface area contributed by atoms with Gasteiger partial charge < -0.3 is 4.90 Å². The van der Waals surface area contributed by atoms with Crippen molar-refractivity contribution in [3.63, 3.8) is 0 Å². The van der Waals surface area contributed by atoms with E-state index in [-0.39, 0.29) is 11.6 Å². The lowest BCUT2D eigenvalue weighted by Crippen LogP contribution is -2.24. The Bertz CT molecular complexity index is 458. The van der Waals surface area contributed by atoms with Crippen molar-refractivity contribution in [2.45, 2.75) is 33.1 Å². The number of benzene rings is 1. The molecule has 0 aliphatic carbocycles. The maximum atomic E-state index is 13.4. The molecule has 3 heteroatoms. The van der Waals surface area contributed by atoms with Crippen molar-refractivity contribution in [2.75, 3.05) is 19.6 Å². The van der Waals surface area contributed by atoms with E-state index in [2.05, 4.69) is 11.8 Å². The van der Waals surface area contributed by atoms with Gasteiger partial charge in [0.25, 0.3) is 0 Å². The van der Waals surface area contributed by atoms with E-state index in [4.69, 9.17) is 0 Å².